The lowest BCUT2D eigenvalue weighted by molar-refractivity contribution is -0.144. The molecule has 0 spiro atoms. The topological polar surface area (TPSA) is 253 Å². The number of amides is 6. The Balaban J connectivity index is 0.810. The van der Waals surface area contributed by atoms with E-state index in [9.17, 15) is 38.4 Å². The maximum atomic E-state index is 14.9. The summed E-state index contributed by atoms with van der Waals surface area (Å²) in [6, 6.07) is 14.9. The highest BCUT2D eigenvalue weighted by atomic mass is 19.1. The number of carbonyl (C=O) groups excluding carboxylic acids is 6. The number of carbonyl (C=O) groups is 6. The third-order valence-corrected chi connectivity index (χ3v) is 16.2. The number of benzene rings is 2. The number of unbranched alkanes of at least 4 members (excludes halogenated alkanes) is 5. The first kappa shape index (κ1) is 58.7. The number of pyridine rings is 1. The highest BCUT2D eigenvalue weighted by Crippen LogP contribution is 2.44. The number of likely N-dealkylation sites (N-methyl/N-ethyl adjacent to an activating group) is 1. The molecule has 20 heteroatoms. The fourth-order valence-corrected chi connectivity index (χ4v) is 11.5. The predicted molar refractivity (Wildman–Crippen MR) is 303 cm³/mol. The van der Waals surface area contributed by atoms with Crippen molar-refractivity contribution >= 4 is 46.9 Å². The van der Waals surface area contributed by atoms with Crippen LogP contribution in [-0.2, 0) is 37.1 Å². The maximum Gasteiger partial charge on any atom is 0.254 e. The summed E-state index contributed by atoms with van der Waals surface area (Å²) in [6.45, 7) is 10.6. The third kappa shape index (κ3) is 13.9. The second-order valence-electron chi connectivity index (χ2n) is 23.1. The van der Waals surface area contributed by atoms with Gasteiger partial charge < -0.3 is 47.0 Å². The second kappa shape index (κ2) is 26.2. The average Bonchev–Trinajstić information content (AvgIpc) is 3.99. The lowest BCUT2D eigenvalue weighted by atomic mass is 9.85. The van der Waals surface area contributed by atoms with Crippen molar-refractivity contribution in [3.8, 4) is 17.2 Å². The first-order valence-electron chi connectivity index (χ1n) is 28.7. The lowest BCUT2D eigenvalue weighted by Gasteiger charge is -2.36. The maximum absolute atomic E-state index is 14.9. The molecule has 3 aliphatic heterocycles. The number of anilines is 2. The molecule has 4 aromatic rings. The Bertz CT molecular complexity index is 2930. The van der Waals surface area contributed by atoms with Crippen LogP contribution in [0.3, 0.4) is 0 Å². The molecule has 428 valence electrons. The smallest absolute Gasteiger partial charge is 0.254 e. The van der Waals surface area contributed by atoms with Crippen molar-refractivity contribution in [1.82, 2.24) is 51.1 Å². The molecule has 6 atom stereocenters. The number of hydrogen-bond acceptors (Lipinski definition) is 12. The van der Waals surface area contributed by atoms with Crippen molar-refractivity contribution in [2.24, 2.45) is 5.41 Å². The fraction of sp³-hybridized carbons (Fsp3) is 0.550. The Morgan fingerprint density at radius 2 is 1.64 bits per heavy atom. The van der Waals surface area contributed by atoms with E-state index < -0.39 is 35.4 Å². The number of nitriles is 1. The molecule has 8 rings (SSSR count). The normalized spacial score (nSPS) is 19.1. The number of nitrogens with two attached hydrogens (primary N) is 1. The second-order valence-corrected chi connectivity index (χ2v) is 23.1. The van der Waals surface area contributed by atoms with Gasteiger partial charge in [0.1, 0.15) is 35.5 Å². The van der Waals surface area contributed by atoms with E-state index in [4.69, 9.17) is 10.8 Å². The Labute approximate surface area is 469 Å². The van der Waals surface area contributed by atoms with Crippen molar-refractivity contribution < 1.29 is 33.2 Å². The summed E-state index contributed by atoms with van der Waals surface area (Å²) in [5.41, 5.74) is 10.5. The molecule has 1 saturated carbocycles. The van der Waals surface area contributed by atoms with Gasteiger partial charge in [-0.25, -0.2) is 9.37 Å². The van der Waals surface area contributed by atoms with E-state index >= 15 is 0 Å². The Hall–Kier alpha value is -7.40. The Morgan fingerprint density at radius 1 is 0.925 bits per heavy atom. The molecule has 4 aliphatic rings. The van der Waals surface area contributed by atoms with Gasteiger partial charge in [0.25, 0.3) is 5.91 Å². The van der Waals surface area contributed by atoms with Gasteiger partial charge in [0.2, 0.25) is 29.5 Å². The van der Waals surface area contributed by atoms with E-state index in [2.05, 4.69) is 42.5 Å². The summed E-state index contributed by atoms with van der Waals surface area (Å²) in [7, 11) is 1.67. The Kier molecular flexibility index (Phi) is 19.3. The quantitative estimate of drug-likeness (QED) is 0.0449. The molecule has 5 heterocycles. The lowest BCUT2D eigenvalue weighted by Crippen LogP contribution is -2.59. The molecule has 3 fully saturated rings. The van der Waals surface area contributed by atoms with Crippen LogP contribution < -0.4 is 37.2 Å². The zero-order valence-electron chi connectivity index (χ0n) is 47.3. The summed E-state index contributed by atoms with van der Waals surface area (Å²) in [6.07, 6.45) is 11.0. The van der Waals surface area contributed by atoms with E-state index in [0.717, 1.165) is 50.5 Å². The number of nitrogen functional groups attached to an aromatic ring is 1. The largest absolute Gasteiger partial charge is 0.382 e. The van der Waals surface area contributed by atoms with Gasteiger partial charge >= 0.3 is 0 Å². The number of nitrogens with one attached hydrogen (secondary N) is 5. The minimum Gasteiger partial charge on any atom is -0.382 e. The molecule has 2 bridgehead atoms. The number of nitrogens with zero attached hydrogens (tertiary/aromatic N) is 7. The van der Waals surface area contributed by atoms with Crippen LogP contribution in [0, 0.1) is 22.6 Å². The molecule has 19 nitrogen and oxygen atoms in total. The van der Waals surface area contributed by atoms with Crippen LogP contribution in [0.1, 0.15) is 169 Å². The van der Waals surface area contributed by atoms with Gasteiger partial charge in [0.15, 0.2) is 0 Å². The molecule has 2 saturated heterocycles. The van der Waals surface area contributed by atoms with Gasteiger partial charge in [0.05, 0.1) is 42.6 Å². The van der Waals surface area contributed by atoms with E-state index in [1.807, 2.05) is 64.1 Å². The van der Waals surface area contributed by atoms with Gasteiger partial charge in [0, 0.05) is 67.4 Å². The van der Waals surface area contributed by atoms with E-state index in [0.29, 0.717) is 78.1 Å². The van der Waals surface area contributed by atoms with Crippen LogP contribution in [0.25, 0.3) is 11.1 Å². The van der Waals surface area contributed by atoms with Crippen LogP contribution in [0.4, 0.5) is 15.9 Å². The minimum atomic E-state index is -0.920. The predicted octanol–water partition coefficient (Wildman–Crippen LogP) is 6.73. The molecule has 7 N–H and O–H groups in total. The Morgan fingerprint density at radius 3 is 2.31 bits per heavy atom. The average molecular weight is 1100 g/mol. The van der Waals surface area contributed by atoms with Crippen LogP contribution in [-0.4, -0.2) is 117 Å². The molecule has 0 radical (unpaired) electrons. The summed E-state index contributed by atoms with van der Waals surface area (Å²) >= 11 is 0. The standard InChI is InChI=1S/C60H80FN13O6/c1-7-45(38-18-13-12-14-19-38)68-57(78)49-32-41(35-73(49)59(80)54(60(3,4)5)69-56(77)37(2)64-6)67-52(76)22-16-11-9-8-10-15-21-51(75)65-27-29-74-50(33-62)53-39-30-48(55(63)66-34-39)71-28-17-20-47(71)44-31-40(61)23-26-43(44)58(79)72(42-24-25-42)36-46(53)70-74/h12-14,18-19,23,26,30-31,34,37,41-42,45,47,49,54,64H,7-11,15-17,20-22,24-25,27-29,32,35-36H2,1-6H3,(H2,63,66)(H,65,75)(H,67,76)(H,68,78)(H,69,77)/t37-,41-,45+,47-,49-,54+/m1/s1. The number of rotatable bonds is 22. The monoisotopic (exact) mass is 1100 g/mol. The van der Waals surface area contributed by atoms with E-state index in [-0.39, 0.29) is 98.3 Å². The molecular formula is C60H80FN13O6. The number of fused-ring (bicyclic) bond motifs is 8. The van der Waals surface area contributed by atoms with Crippen molar-refractivity contribution in [2.75, 3.05) is 37.3 Å². The number of hydrogen-bond donors (Lipinski definition) is 6. The van der Waals surface area contributed by atoms with Crippen LogP contribution in [0.5, 0.6) is 0 Å². The molecule has 2 aromatic heterocycles. The number of likely N-dealkylation sites (tertiary alicyclic amines) is 1. The molecule has 1 aliphatic carbocycles. The first-order valence-corrected chi connectivity index (χ1v) is 28.7. The zero-order chi connectivity index (χ0) is 57.3. The van der Waals surface area contributed by atoms with E-state index in [1.165, 1.54) is 17.0 Å². The molecule has 2 aromatic carbocycles. The first-order chi connectivity index (χ1) is 38.4. The fourth-order valence-electron chi connectivity index (χ4n) is 11.5. The highest BCUT2D eigenvalue weighted by molar-refractivity contribution is 5.97. The highest BCUT2D eigenvalue weighted by Gasteiger charge is 2.46. The van der Waals surface area contributed by atoms with Crippen molar-refractivity contribution in [3.05, 3.63) is 94.7 Å². The minimum absolute atomic E-state index is 0.0203. The van der Waals surface area contributed by atoms with Gasteiger partial charge in [-0.2, -0.15) is 10.4 Å². The van der Waals surface area contributed by atoms with Crippen molar-refractivity contribution in [2.45, 2.75) is 180 Å². The summed E-state index contributed by atoms with van der Waals surface area (Å²) < 4.78 is 16.5. The molecule has 6 amide bonds. The van der Waals surface area contributed by atoms with Crippen LogP contribution >= 0.6 is 0 Å². The summed E-state index contributed by atoms with van der Waals surface area (Å²) in [4.78, 5) is 92.5. The van der Waals surface area contributed by atoms with Crippen LogP contribution in [0.2, 0.25) is 0 Å². The van der Waals surface area contributed by atoms with Gasteiger partial charge in [-0.3, -0.25) is 33.4 Å². The van der Waals surface area contributed by atoms with Gasteiger partial charge in [-0.15, -0.1) is 0 Å². The summed E-state index contributed by atoms with van der Waals surface area (Å²) in [5, 5.41) is 30.6. The molecule has 0 unspecified atom stereocenters. The van der Waals surface area contributed by atoms with Crippen LogP contribution in [0.15, 0.2) is 60.8 Å². The molecular weight excluding hydrogens is 1020 g/mol. The third-order valence-electron chi connectivity index (χ3n) is 16.2. The SMILES string of the molecule is CC[C@H](NC(=O)[C@H]1C[C@@H](NC(=O)CCCCCCCCC(=O)NCCn2nc3c(c2C#N)-c2cnc(N)c(c2)N2CCC[C@@H]2c2cc(F)ccc2C(=O)N(C2CC2)C3)CN1C(=O)[C@H](NC(=O)[C@@H](C)NC)C(C)(C)C)c1ccccc1. The number of halogens is 1. The van der Waals surface area contributed by atoms with Crippen molar-refractivity contribution in [1.29, 1.82) is 5.26 Å². The molecule has 80 heavy (non-hydrogen) atoms. The van der Waals surface area contributed by atoms with Crippen molar-refractivity contribution in [3.63, 3.8) is 0 Å². The van der Waals surface area contributed by atoms with E-state index in [1.54, 1.807) is 35.8 Å². The van der Waals surface area contributed by atoms with Gasteiger partial charge in [-0.1, -0.05) is 83.7 Å². The van der Waals surface area contributed by atoms with Gasteiger partial charge in [-0.05, 0) is 106 Å². The summed E-state index contributed by atoms with van der Waals surface area (Å²) in [5.74, 6) is -1.63. The number of aromatic nitrogens is 3. The zero-order valence-corrected chi connectivity index (χ0v) is 47.3.